The van der Waals surface area contributed by atoms with Crippen LogP contribution in [0.3, 0.4) is 0 Å². The van der Waals surface area contributed by atoms with E-state index in [1.165, 1.54) is 12.4 Å². The van der Waals surface area contributed by atoms with E-state index in [1.807, 2.05) is 6.92 Å². The van der Waals surface area contributed by atoms with Gasteiger partial charge in [0.25, 0.3) is 0 Å². The Bertz CT molecular complexity index is 351. The first-order valence-electron chi connectivity index (χ1n) is 5.13. The Morgan fingerprint density at radius 2 is 2.25 bits per heavy atom. The second-order valence-corrected chi connectivity index (χ2v) is 3.54. The molecule has 1 amide bonds. The number of hydrogen-bond acceptors (Lipinski definition) is 5. The summed E-state index contributed by atoms with van der Waals surface area (Å²) in [7, 11) is 1.76. The molecule has 0 radical (unpaired) electrons. The van der Waals surface area contributed by atoms with Crippen LogP contribution in [0.2, 0.25) is 0 Å². The van der Waals surface area contributed by atoms with E-state index in [-0.39, 0.29) is 11.9 Å². The largest absolute Gasteiger partial charge is 0.382 e. The molecule has 1 rings (SSSR count). The summed E-state index contributed by atoms with van der Waals surface area (Å²) < 4.78 is 0. The number of nitrogens with two attached hydrogens (primary N) is 1. The third-order valence-electron chi connectivity index (χ3n) is 2.26. The van der Waals surface area contributed by atoms with Crippen LogP contribution in [0.1, 0.15) is 13.8 Å². The van der Waals surface area contributed by atoms with Crippen molar-refractivity contribution in [2.24, 2.45) is 0 Å². The predicted octanol–water partition coefficient (Wildman–Crippen LogP) is 0.337. The molecule has 6 heteroatoms. The summed E-state index contributed by atoms with van der Waals surface area (Å²) >= 11 is 0. The molecule has 0 aliphatic rings. The van der Waals surface area contributed by atoms with Crippen molar-refractivity contribution in [3.8, 4) is 0 Å². The van der Waals surface area contributed by atoms with Gasteiger partial charge in [-0.3, -0.25) is 4.79 Å². The molecule has 0 saturated heterocycles. The number of nitrogen functional groups attached to an aromatic ring is 1. The Hall–Kier alpha value is -1.85. The zero-order valence-electron chi connectivity index (χ0n) is 9.77. The highest BCUT2D eigenvalue weighted by atomic mass is 16.2. The maximum absolute atomic E-state index is 11.7. The molecule has 16 heavy (non-hydrogen) atoms. The minimum absolute atomic E-state index is 0.0149. The third-order valence-corrected chi connectivity index (χ3v) is 2.26. The minimum atomic E-state index is -0.331. The number of amides is 1. The molecule has 0 fully saturated rings. The van der Waals surface area contributed by atoms with Crippen molar-refractivity contribution in [2.45, 2.75) is 19.9 Å². The fourth-order valence-corrected chi connectivity index (χ4v) is 1.18. The lowest BCUT2D eigenvalue weighted by Crippen LogP contribution is -2.39. The maximum Gasteiger partial charge on any atom is 0.244 e. The Balaban J connectivity index is 2.60. The zero-order valence-corrected chi connectivity index (χ0v) is 9.77. The molecule has 6 nitrogen and oxygen atoms in total. The summed E-state index contributed by atoms with van der Waals surface area (Å²) in [4.78, 5) is 21.3. The number of likely N-dealkylation sites (N-methyl/N-ethyl adjacent to an activating group) is 1. The SMILES string of the molecule is CCN(C)C(=O)C(C)Nc1cnc(N)cn1. The van der Waals surface area contributed by atoms with Gasteiger partial charge >= 0.3 is 0 Å². The number of anilines is 2. The average Bonchev–Trinajstić information content (AvgIpc) is 2.30. The number of hydrogen-bond donors (Lipinski definition) is 2. The van der Waals surface area contributed by atoms with Crippen LogP contribution in [-0.4, -0.2) is 40.4 Å². The van der Waals surface area contributed by atoms with Crippen molar-refractivity contribution < 1.29 is 4.79 Å². The number of carbonyl (C=O) groups is 1. The van der Waals surface area contributed by atoms with Crippen LogP contribution in [0.5, 0.6) is 0 Å². The summed E-state index contributed by atoms with van der Waals surface area (Å²) in [5.41, 5.74) is 5.41. The van der Waals surface area contributed by atoms with Crippen LogP contribution >= 0.6 is 0 Å². The highest BCUT2D eigenvalue weighted by molar-refractivity contribution is 5.83. The van der Waals surface area contributed by atoms with E-state index in [0.717, 1.165) is 0 Å². The molecule has 0 aromatic carbocycles. The molecule has 1 aromatic heterocycles. The molecular formula is C10H17N5O. The van der Waals surface area contributed by atoms with E-state index in [4.69, 9.17) is 5.73 Å². The van der Waals surface area contributed by atoms with Gasteiger partial charge < -0.3 is 16.0 Å². The highest BCUT2D eigenvalue weighted by Crippen LogP contribution is 2.05. The molecule has 0 spiro atoms. The fourth-order valence-electron chi connectivity index (χ4n) is 1.18. The van der Waals surface area contributed by atoms with E-state index in [1.54, 1.807) is 18.9 Å². The zero-order chi connectivity index (χ0) is 12.1. The summed E-state index contributed by atoms with van der Waals surface area (Å²) in [5.74, 6) is 0.913. The van der Waals surface area contributed by atoms with Crippen molar-refractivity contribution in [3.05, 3.63) is 12.4 Å². The lowest BCUT2D eigenvalue weighted by Gasteiger charge is -2.20. The van der Waals surface area contributed by atoms with Gasteiger partial charge in [0.05, 0.1) is 12.4 Å². The first-order chi connectivity index (χ1) is 7.54. The first kappa shape index (κ1) is 12.2. The van der Waals surface area contributed by atoms with Gasteiger partial charge in [0.1, 0.15) is 17.7 Å². The summed E-state index contributed by atoms with van der Waals surface area (Å²) in [6.45, 7) is 4.39. The molecule has 1 unspecified atom stereocenters. The minimum Gasteiger partial charge on any atom is -0.382 e. The second-order valence-electron chi connectivity index (χ2n) is 3.54. The van der Waals surface area contributed by atoms with Crippen LogP contribution in [0.25, 0.3) is 0 Å². The second kappa shape index (κ2) is 5.29. The van der Waals surface area contributed by atoms with E-state index in [2.05, 4.69) is 15.3 Å². The highest BCUT2D eigenvalue weighted by Gasteiger charge is 2.16. The topological polar surface area (TPSA) is 84.1 Å². The van der Waals surface area contributed by atoms with E-state index < -0.39 is 0 Å². The van der Waals surface area contributed by atoms with E-state index in [0.29, 0.717) is 18.2 Å². The first-order valence-corrected chi connectivity index (χ1v) is 5.13. The van der Waals surface area contributed by atoms with Crippen LogP contribution in [0.4, 0.5) is 11.6 Å². The van der Waals surface area contributed by atoms with E-state index in [9.17, 15) is 4.79 Å². The molecule has 1 aromatic rings. The Kier molecular flexibility index (Phi) is 4.04. The third kappa shape index (κ3) is 3.08. The van der Waals surface area contributed by atoms with Crippen LogP contribution in [-0.2, 0) is 4.79 Å². The molecule has 0 aliphatic carbocycles. The smallest absolute Gasteiger partial charge is 0.244 e. The van der Waals surface area contributed by atoms with Crippen molar-refractivity contribution in [3.63, 3.8) is 0 Å². The summed E-state index contributed by atoms with van der Waals surface area (Å²) in [6.07, 6.45) is 2.95. The van der Waals surface area contributed by atoms with Gasteiger partial charge in [-0.15, -0.1) is 0 Å². The van der Waals surface area contributed by atoms with Gasteiger partial charge in [-0.05, 0) is 13.8 Å². The Morgan fingerprint density at radius 1 is 1.56 bits per heavy atom. The van der Waals surface area contributed by atoms with E-state index >= 15 is 0 Å². The number of nitrogens with zero attached hydrogens (tertiary/aromatic N) is 3. The summed E-state index contributed by atoms with van der Waals surface area (Å²) in [5, 5.41) is 2.96. The van der Waals surface area contributed by atoms with Gasteiger partial charge in [-0.2, -0.15) is 0 Å². The molecule has 1 heterocycles. The average molecular weight is 223 g/mol. The lowest BCUT2D eigenvalue weighted by molar-refractivity contribution is -0.130. The Labute approximate surface area is 94.9 Å². The van der Waals surface area contributed by atoms with Gasteiger partial charge in [-0.1, -0.05) is 0 Å². The molecule has 88 valence electrons. The number of rotatable bonds is 4. The molecular weight excluding hydrogens is 206 g/mol. The number of carbonyl (C=O) groups excluding carboxylic acids is 1. The van der Waals surface area contributed by atoms with Crippen LogP contribution < -0.4 is 11.1 Å². The van der Waals surface area contributed by atoms with Gasteiger partial charge in [-0.25, -0.2) is 9.97 Å². The molecule has 0 bridgehead atoms. The predicted molar refractivity (Wildman–Crippen MR) is 62.8 cm³/mol. The molecule has 0 aliphatic heterocycles. The monoisotopic (exact) mass is 223 g/mol. The summed E-state index contributed by atoms with van der Waals surface area (Å²) in [6, 6.07) is -0.331. The maximum atomic E-state index is 11.7. The van der Waals surface area contributed by atoms with Crippen molar-refractivity contribution >= 4 is 17.5 Å². The fraction of sp³-hybridized carbons (Fsp3) is 0.500. The van der Waals surface area contributed by atoms with Crippen molar-refractivity contribution in [1.29, 1.82) is 0 Å². The number of aromatic nitrogens is 2. The normalized spacial score (nSPS) is 11.9. The quantitative estimate of drug-likeness (QED) is 0.768. The standard InChI is InChI=1S/C10H17N5O/c1-4-15(3)10(16)7(2)14-9-6-12-8(11)5-13-9/h5-7H,4H2,1-3H3,(H2,11,12)(H,13,14). The molecule has 3 N–H and O–H groups in total. The van der Waals surface area contributed by atoms with Crippen molar-refractivity contribution in [2.75, 3.05) is 24.6 Å². The lowest BCUT2D eigenvalue weighted by atomic mass is 10.3. The molecule has 0 saturated carbocycles. The van der Waals surface area contributed by atoms with Crippen LogP contribution in [0, 0.1) is 0 Å². The van der Waals surface area contributed by atoms with Gasteiger partial charge in [0, 0.05) is 13.6 Å². The Morgan fingerprint density at radius 3 is 2.75 bits per heavy atom. The van der Waals surface area contributed by atoms with Crippen LogP contribution in [0.15, 0.2) is 12.4 Å². The van der Waals surface area contributed by atoms with Gasteiger partial charge in [0.2, 0.25) is 5.91 Å². The van der Waals surface area contributed by atoms with Crippen molar-refractivity contribution in [1.82, 2.24) is 14.9 Å². The van der Waals surface area contributed by atoms with Gasteiger partial charge in [0.15, 0.2) is 0 Å². The number of nitrogens with one attached hydrogen (secondary N) is 1. The molecule has 1 atom stereocenters.